The largest absolute Gasteiger partial charge is 0.489 e. The van der Waals surface area contributed by atoms with E-state index in [-0.39, 0.29) is 12.7 Å². The molecule has 0 aromatic heterocycles. The van der Waals surface area contributed by atoms with Crippen LogP contribution in [-0.4, -0.2) is 25.5 Å². The molecule has 5 heteroatoms. The maximum absolute atomic E-state index is 14.1. The highest BCUT2D eigenvalue weighted by molar-refractivity contribution is 6.35. The van der Waals surface area contributed by atoms with Gasteiger partial charge < -0.3 is 9.47 Å². The van der Waals surface area contributed by atoms with Crippen molar-refractivity contribution >= 4 is 23.2 Å². The van der Waals surface area contributed by atoms with Gasteiger partial charge in [0, 0.05) is 10.4 Å². The molecular formula is C13H15Cl2FO2. The Morgan fingerprint density at radius 2 is 2.17 bits per heavy atom. The predicted molar refractivity (Wildman–Crippen MR) is 70.4 cm³/mol. The van der Waals surface area contributed by atoms with Gasteiger partial charge in [-0.15, -0.1) is 0 Å². The number of hydrogen-bond acceptors (Lipinski definition) is 2. The Hall–Kier alpha value is -0.510. The van der Waals surface area contributed by atoms with Gasteiger partial charge in [0.05, 0.1) is 17.7 Å². The summed E-state index contributed by atoms with van der Waals surface area (Å²) in [4.78, 5) is 0. The fraction of sp³-hybridized carbons (Fsp3) is 0.538. The van der Waals surface area contributed by atoms with Crippen LogP contribution in [0.15, 0.2) is 18.2 Å². The molecule has 0 aliphatic carbocycles. The van der Waals surface area contributed by atoms with Crippen LogP contribution in [0.1, 0.15) is 13.8 Å². The van der Waals surface area contributed by atoms with Crippen molar-refractivity contribution in [3.63, 3.8) is 0 Å². The molecule has 1 aromatic carbocycles. The standard InChI is InChI=1S/C13H15Cl2FO2/c1-13(2,12-7-18-12)11(16)6-17-10-4-3-8(14)5-9(10)15/h3-5,11-12H,6-7H2,1-2H3. The Kier molecular flexibility index (Phi) is 4.05. The summed E-state index contributed by atoms with van der Waals surface area (Å²) in [5, 5.41) is 0.908. The molecule has 2 nitrogen and oxygen atoms in total. The Morgan fingerprint density at radius 1 is 1.50 bits per heavy atom. The minimum atomic E-state index is -1.11. The fourth-order valence-electron chi connectivity index (χ4n) is 1.65. The molecule has 100 valence electrons. The van der Waals surface area contributed by atoms with Crippen LogP contribution < -0.4 is 4.74 Å². The molecule has 1 heterocycles. The van der Waals surface area contributed by atoms with Crippen molar-refractivity contribution in [1.29, 1.82) is 0 Å². The van der Waals surface area contributed by atoms with E-state index in [9.17, 15) is 4.39 Å². The number of rotatable bonds is 5. The zero-order chi connectivity index (χ0) is 13.3. The normalized spacial score (nSPS) is 20.6. The molecule has 2 atom stereocenters. The average molecular weight is 293 g/mol. The van der Waals surface area contributed by atoms with E-state index < -0.39 is 11.6 Å². The molecule has 1 aromatic rings. The first-order valence-corrected chi connectivity index (χ1v) is 6.50. The Labute approximate surface area is 116 Å². The third kappa shape index (κ3) is 3.08. The van der Waals surface area contributed by atoms with Gasteiger partial charge in [0.25, 0.3) is 0 Å². The number of epoxide rings is 1. The summed E-state index contributed by atoms with van der Waals surface area (Å²) in [7, 11) is 0. The van der Waals surface area contributed by atoms with Crippen molar-refractivity contribution in [1.82, 2.24) is 0 Å². The maximum Gasteiger partial charge on any atom is 0.142 e. The van der Waals surface area contributed by atoms with Crippen molar-refractivity contribution < 1.29 is 13.9 Å². The molecule has 2 unspecified atom stereocenters. The van der Waals surface area contributed by atoms with E-state index in [1.54, 1.807) is 18.2 Å². The number of ether oxygens (including phenoxy) is 2. The lowest BCUT2D eigenvalue weighted by Crippen LogP contribution is -2.35. The van der Waals surface area contributed by atoms with Crippen LogP contribution in [0.4, 0.5) is 4.39 Å². The van der Waals surface area contributed by atoms with Gasteiger partial charge in [-0.1, -0.05) is 37.0 Å². The SMILES string of the molecule is CC(C)(C(F)COc1ccc(Cl)cc1Cl)C1CO1. The lowest BCUT2D eigenvalue weighted by atomic mass is 9.84. The van der Waals surface area contributed by atoms with Crippen LogP contribution >= 0.6 is 23.2 Å². The van der Waals surface area contributed by atoms with Gasteiger partial charge in [-0.25, -0.2) is 4.39 Å². The summed E-state index contributed by atoms with van der Waals surface area (Å²) in [6.07, 6.45) is -1.13. The molecule has 2 rings (SSSR count). The van der Waals surface area contributed by atoms with Gasteiger partial charge in [-0.05, 0) is 18.2 Å². The summed E-state index contributed by atoms with van der Waals surface area (Å²) in [5.41, 5.74) is -0.543. The second-order valence-electron chi connectivity index (χ2n) is 5.00. The molecule has 18 heavy (non-hydrogen) atoms. The van der Waals surface area contributed by atoms with Crippen LogP contribution in [-0.2, 0) is 4.74 Å². The quantitative estimate of drug-likeness (QED) is 0.761. The maximum atomic E-state index is 14.1. The van der Waals surface area contributed by atoms with Gasteiger partial charge in [0.2, 0.25) is 0 Å². The van der Waals surface area contributed by atoms with E-state index in [1.165, 1.54) is 0 Å². The van der Waals surface area contributed by atoms with Crippen molar-refractivity contribution in [2.75, 3.05) is 13.2 Å². The summed E-state index contributed by atoms with van der Waals surface area (Å²) >= 11 is 11.7. The number of alkyl halides is 1. The topological polar surface area (TPSA) is 21.8 Å². The minimum absolute atomic E-state index is 0.0169. The molecular weight excluding hydrogens is 278 g/mol. The van der Waals surface area contributed by atoms with Gasteiger partial charge in [-0.2, -0.15) is 0 Å². The van der Waals surface area contributed by atoms with Crippen LogP contribution in [0.3, 0.4) is 0 Å². The van der Waals surface area contributed by atoms with Crippen molar-refractivity contribution in [3.8, 4) is 5.75 Å². The molecule has 1 aliphatic heterocycles. The van der Waals surface area contributed by atoms with E-state index in [2.05, 4.69) is 0 Å². The summed E-state index contributed by atoms with van der Waals surface area (Å²) in [6.45, 7) is 4.24. The van der Waals surface area contributed by atoms with Crippen LogP contribution in [0, 0.1) is 5.41 Å². The molecule has 0 amide bonds. The first-order chi connectivity index (χ1) is 8.41. The van der Waals surface area contributed by atoms with Gasteiger partial charge >= 0.3 is 0 Å². The monoisotopic (exact) mass is 292 g/mol. The molecule has 1 aliphatic rings. The zero-order valence-electron chi connectivity index (χ0n) is 10.3. The smallest absolute Gasteiger partial charge is 0.142 e. The Bertz CT molecular complexity index is 433. The highest BCUT2D eigenvalue weighted by Crippen LogP contribution is 2.37. The average Bonchev–Trinajstić information content (AvgIpc) is 3.11. The number of benzene rings is 1. The van der Waals surface area contributed by atoms with Crippen LogP contribution in [0.25, 0.3) is 0 Å². The first-order valence-electron chi connectivity index (χ1n) is 5.75. The molecule has 1 saturated heterocycles. The number of hydrogen-bond donors (Lipinski definition) is 0. The second-order valence-corrected chi connectivity index (χ2v) is 5.84. The highest BCUT2D eigenvalue weighted by Gasteiger charge is 2.45. The van der Waals surface area contributed by atoms with Crippen molar-refractivity contribution in [2.24, 2.45) is 5.41 Å². The Morgan fingerprint density at radius 3 is 2.72 bits per heavy atom. The summed E-state index contributed by atoms with van der Waals surface area (Å²) < 4.78 is 24.6. The van der Waals surface area contributed by atoms with E-state index >= 15 is 0 Å². The third-order valence-electron chi connectivity index (χ3n) is 3.25. The van der Waals surface area contributed by atoms with Gasteiger partial charge in [0.1, 0.15) is 18.5 Å². The fourth-order valence-corrected chi connectivity index (χ4v) is 2.11. The van der Waals surface area contributed by atoms with Crippen molar-refractivity contribution in [3.05, 3.63) is 28.2 Å². The van der Waals surface area contributed by atoms with E-state index in [4.69, 9.17) is 32.7 Å². The molecule has 0 saturated carbocycles. The van der Waals surface area contributed by atoms with Gasteiger partial charge in [-0.3, -0.25) is 0 Å². The summed E-state index contributed by atoms with van der Waals surface area (Å²) in [5.74, 6) is 0.441. The third-order valence-corrected chi connectivity index (χ3v) is 3.78. The predicted octanol–water partition coefficient (Wildman–Crippen LogP) is 4.14. The van der Waals surface area contributed by atoms with E-state index in [0.717, 1.165) is 0 Å². The molecule has 0 N–H and O–H groups in total. The lowest BCUT2D eigenvalue weighted by Gasteiger charge is -2.26. The molecule has 1 fully saturated rings. The summed E-state index contributed by atoms with van der Waals surface area (Å²) in [6, 6.07) is 4.87. The van der Waals surface area contributed by atoms with E-state index in [0.29, 0.717) is 22.4 Å². The van der Waals surface area contributed by atoms with Crippen LogP contribution in [0.5, 0.6) is 5.75 Å². The first kappa shape index (κ1) is 13.9. The van der Waals surface area contributed by atoms with Crippen molar-refractivity contribution in [2.45, 2.75) is 26.1 Å². The zero-order valence-corrected chi connectivity index (χ0v) is 11.8. The van der Waals surface area contributed by atoms with Crippen LogP contribution in [0.2, 0.25) is 10.0 Å². The lowest BCUT2D eigenvalue weighted by molar-refractivity contribution is 0.0618. The molecule has 0 bridgehead atoms. The van der Waals surface area contributed by atoms with E-state index in [1.807, 2.05) is 13.8 Å². The highest BCUT2D eigenvalue weighted by atomic mass is 35.5. The Balaban J connectivity index is 1.94. The number of halogens is 3. The second kappa shape index (κ2) is 5.24. The molecule has 0 spiro atoms. The minimum Gasteiger partial charge on any atom is -0.489 e. The van der Waals surface area contributed by atoms with Gasteiger partial charge in [0.15, 0.2) is 0 Å². The molecule has 0 radical (unpaired) electrons.